The van der Waals surface area contributed by atoms with Crippen molar-refractivity contribution in [3.05, 3.63) is 34.9 Å². The van der Waals surface area contributed by atoms with E-state index in [4.69, 9.17) is 5.73 Å². The Morgan fingerprint density at radius 3 is 2.80 bits per heavy atom. The monoisotopic (exact) mass is 219 g/mol. The number of aryl methyl sites for hydroxylation is 1. The summed E-state index contributed by atoms with van der Waals surface area (Å²) in [6.45, 7) is 0.726. The smallest absolute Gasteiger partial charge is 0.0933 e. The predicted octanol–water partition coefficient (Wildman–Crippen LogP) is 2.10. The molecule has 0 aliphatic rings. The van der Waals surface area contributed by atoms with Gasteiger partial charge in [-0.1, -0.05) is 0 Å². The lowest BCUT2D eigenvalue weighted by atomic mass is 10.2. The minimum atomic E-state index is 0.726. The van der Waals surface area contributed by atoms with Crippen LogP contribution < -0.4 is 5.73 Å². The number of thiazole rings is 1. The van der Waals surface area contributed by atoms with Gasteiger partial charge in [0, 0.05) is 29.8 Å². The zero-order valence-electron chi connectivity index (χ0n) is 8.39. The summed E-state index contributed by atoms with van der Waals surface area (Å²) in [7, 11) is 0. The molecule has 0 radical (unpaired) electrons. The summed E-state index contributed by atoms with van der Waals surface area (Å²) in [5, 5.41) is 3.24. The van der Waals surface area contributed by atoms with Crippen molar-refractivity contribution in [3.8, 4) is 11.3 Å². The fourth-order valence-corrected chi connectivity index (χ4v) is 2.18. The number of rotatable bonds is 4. The van der Waals surface area contributed by atoms with Crippen LogP contribution in [0.15, 0.2) is 29.9 Å². The molecule has 0 atom stereocenters. The first kappa shape index (κ1) is 10.3. The van der Waals surface area contributed by atoms with Crippen LogP contribution in [0, 0.1) is 0 Å². The second-order valence-electron chi connectivity index (χ2n) is 3.25. The molecule has 0 unspecified atom stereocenters. The zero-order chi connectivity index (χ0) is 10.5. The maximum absolute atomic E-state index is 5.46. The standard InChI is InChI=1S/C11H13N3S/c12-5-1-2-11-14-10(8-15-11)9-3-6-13-7-4-9/h3-4,6-8H,1-2,5,12H2. The topological polar surface area (TPSA) is 51.8 Å². The third-order valence-electron chi connectivity index (χ3n) is 2.12. The second-order valence-corrected chi connectivity index (χ2v) is 4.20. The highest BCUT2D eigenvalue weighted by Crippen LogP contribution is 2.21. The molecule has 2 aromatic heterocycles. The average molecular weight is 219 g/mol. The van der Waals surface area contributed by atoms with E-state index >= 15 is 0 Å². The van der Waals surface area contributed by atoms with Gasteiger partial charge in [0.05, 0.1) is 10.7 Å². The van der Waals surface area contributed by atoms with Gasteiger partial charge < -0.3 is 5.73 Å². The molecule has 2 rings (SSSR count). The first-order valence-electron chi connectivity index (χ1n) is 4.95. The number of pyridine rings is 1. The first-order valence-corrected chi connectivity index (χ1v) is 5.83. The van der Waals surface area contributed by atoms with Crippen LogP contribution in [-0.2, 0) is 6.42 Å². The highest BCUT2D eigenvalue weighted by atomic mass is 32.1. The molecular weight excluding hydrogens is 206 g/mol. The lowest BCUT2D eigenvalue weighted by molar-refractivity contribution is 0.827. The Kier molecular flexibility index (Phi) is 3.42. The van der Waals surface area contributed by atoms with Gasteiger partial charge in [-0.25, -0.2) is 4.98 Å². The van der Waals surface area contributed by atoms with Gasteiger partial charge in [0.2, 0.25) is 0 Å². The minimum Gasteiger partial charge on any atom is -0.330 e. The number of hydrogen-bond acceptors (Lipinski definition) is 4. The van der Waals surface area contributed by atoms with Crippen LogP contribution in [0.25, 0.3) is 11.3 Å². The Balaban J connectivity index is 2.14. The van der Waals surface area contributed by atoms with Crippen molar-refractivity contribution in [1.82, 2.24) is 9.97 Å². The Bertz CT molecular complexity index is 411. The lowest BCUT2D eigenvalue weighted by Gasteiger charge is -1.94. The molecule has 0 saturated heterocycles. The number of nitrogens with two attached hydrogens (primary N) is 1. The summed E-state index contributed by atoms with van der Waals surface area (Å²) in [6, 6.07) is 3.95. The summed E-state index contributed by atoms with van der Waals surface area (Å²) in [6.07, 6.45) is 5.55. The fraction of sp³-hybridized carbons (Fsp3) is 0.273. The van der Waals surface area contributed by atoms with E-state index in [1.165, 1.54) is 0 Å². The van der Waals surface area contributed by atoms with E-state index in [0.29, 0.717) is 0 Å². The zero-order valence-corrected chi connectivity index (χ0v) is 9.20. The van der Waals surface area contributed by atoms with E-state index in [0.717, 1.165) is 35.7 Å². The molecule has 0 saturated carbocycles. The van der Waals surface area contributed by atoms with E-state index in [-0.39, 0.29) is 0 Å². The Morgan fingerprint density at radius 2 is 2.07 bits per heavy atom. The van der Waals surface area contributed by atoms with Crippen molar-refractivity contribution in [2.75, 3.05) is 6.54 Å². The van der Waals surface area contributed by atoms with Crippen LogP contribution in [0.4, 0.5) is 0 Å². The minimum absolute atomic E-state index is 0.726. The van der Waals surface area contributed by atoms with Crippen LogP contribution in [0.3, 0.4) is 0 Å². The highest BCUT2D eigenvalue weighted by molar-refractivity contribution is 7.09. The number of hydrogen-bond donors (Lipinski definition) is 1. The SMILES string of the molecule is NCCCc1nc(-c2ccncc2)cs1. The quantitative estimate of drug-likeness (QED) is 0.856. The molecule has 15 heavy (non-hydrogen) atoms. The maximum Gasteiger partial charge on any atom is 0.0933 e. The van der Waals surface area contributed by atoms with Gasteiger partial charge in [-0.3, -0.25) is 4.98 Å². The summed E-state index contributed by atoms with van der Waals surface area (Å²) in [5.41, 5.74) is 7.62. The predicted molar refractivity (Wildman–Crippen MR) is 62.7 cm³/mol. The molecule has 0 aromatic carbocycles. The maximum atomic E-state index is 5.46. The largest absolute Gasteiger partial charge is 0.330 e. The van der Waals surface area contributed by atoms with Crippen molar-refractivity contribution in [2.45, 2.75) is 12.8 Å². The van der Waals surface area contributed by atoms with Crippen LogP contribution in [0.2, 0.25) is 0 Å². The van der Waals surface area contributed by atoms with Crippen LogP contribution in [-0.4, -0.2) is 16.5 Å². The van der Waals surface area contributed by atoms with E-state index in [1.54, 1.807) is 23.7 Å². The van der Waals surface area contributed by atoms with E-state index in [1.807, 2.05) is 12.1 Å². The van der Waals surface area contributed by atoms with Gasteiger partial charge in [0.1, 0.15) is 0 Å². The summed E-state index contributed by atoms with van der Waals surface area (Å²) < 4.78 is 0. The normalized spacial score (nSPS) is 10.5. The van der Waals surface area contributed by atoms with E-state index in [9.17, 15) is 0 Å². The van der Waals surface area contributed by atoms with E-state index < -0.39 is 0 Å². The van der Waals surface area contributed by atoms with Crippen LogP contribution in [0.5, 0.6) is 0 Å². The van der Waals surface area contributed by atoms with Gasteiger partial charge in [0.25, 0.3) is 0 Å². The van der Waals surface area contributed by atoms with Gasteiger partial charge >= 0.3 is 0 Å². The molecule has 2 N–H and O–H groups in total. The Labute approximate surface area is 93.0 Å². The van der Waals surface area contributed by atoms with Crippen LogP contribution in [0.1, 0.15) is 11.4 Å². The molecule has 2 aromatic rings. The highest BCUT2D eigenvalue weighted by Gasteiger charge is 2.03. The average Bonchev–Trinajstić information content (AvgIpc) is 2.76. The third kappa shape index (κ3) is 2.61. The van der Waals surface area contributed by atoms with Crippen molar-refractivity contribution in [3.63, 3.8) is 0 Å². The van der Waals surface area contributed by atoms with Gasteiger partial charge in [-0.05, 0) is 25.1 Å². The Morgan fingerprint density at radius 1 is 1.27 bits per heavy atom. The molecule has 2 heterocycles. The molecule has 0 amide bonds. The third-order valence-corrected chi connectivity index (χ3v) is 3.03. The molecule has 0 fully saturated rings. The van der Waals surface area contributed by atoms with Crippen molar-refractivity contribution in [2.24, 2.45) is 5.73 Å². The van der Waals surface area contributed by atoms with Gasteiger partial charge in [0.15, 0.2) is 0 Å². The number of aromatic nitrogens is 2. The molecule has 0 aliphatic carbocycles. The van der Waals surface area contributed by atoms with Crippen molar-refractivity contribution < 1.29 is 0 Å². The molecule has 0 bridgehead atoms. The van der Waals surface area contributed by atoms with E-state index in [2.05, 4.69) is 15.3 Å². The molecule has 0 spiro atoms. The summed E-state index contributed by atoms with van der Waals surface area (Å²) in [4.78, 5) is 8.54. The van der Waals surface area contributed by atoms with Gasteiger partial charge in [-0.2, -0.15) is 0 Å². The molecule has 3 nitrogen and oxygen atoms in total. The number of nitrogens with zero attached hydrogens (tertiary/aromatic N) is 2. The Hall–Kier alpha value is -1.26. The summed E-state index contributed by atoms with van der Waals surface area (Å²) >= 11 is 1.70. The molecule has 4 heteroatoms. The summed E-state index contributed by atoms with van der Waals surface area (Å²) in [5.74, 6) is 0. The first-order chi connectivity index (χ1) is 7.40. The molecular formula is C11H13N3S. The van der Waals surface area contributed by atoms with Crippen molar-refractivity contribution >= 4 is 11.3 Å². The molecule has 0 aliphatic heterocycles. The molecule has 78 valence electrons. The van der Waals surface area contributed by atoms with Gasteiger partial charge in [-0.15, -0.1) is 11.3 Å². The van der Waals surface area contributed by atoms with Crippen LogP contribution >= 0.6 is 11.3 Å². The lowest BCUT2D eigenvalue weighted by Crippen LogP contribution is -1.99. The van der Waals surface area contributed by atoms with Crippen molar-refractivity contribution in [1.29, 1.82) is 0 Å². The second kappa shape index (κ2) is 5.00. The fourth-order valence-electron chi connectivity index (χ4n) is 1.33.